The molecule has 0 saturated heterocycles. The van der Waals surface area contributed by atoms with Crippen LogP contribution in [-0.2, 0) is 20.0 Å². The molecule has 0 saturated carbocycles. The molecule has 1 unspecified atom stereocenters. The van der Waals surface area contributed by atoms with Crippen LogP contribution in [0.3, 0.4) is 0 Å². The van der Waals surface area contributed by atoms with Crippen LogP contribution in [0.4, 0.5) is 0 Å². The van der Waals surface area contributed by atoms with Crippen LogP contribution in [0.5, 0.6) is 0 Å². The molecule has 2 rings (SSSR count). The highest BCUT2D eigenvalue weighted by Gasteiger charge is 2.17. The quantitative estimate of drug-likeness (QED) is 0.525. The average Bonchev–Trinajstić information content (AvgIpc) is 3.08. The Labute approximate surface area is 156 Å². The summed E-state index contributed by atoms with van der Waals surface area (Å²) in [5.41, 5.74) is 1.35. The summed E-state index contributed by atoms with van der Waals surface area (Å²) in [6.07, 6.45) is 2.57. The fourth-order valence-corrected chi connectivity index (χ4v) is 3.03. The van der Waals surface area contributed by atoms with Gasteiger partial charge in [-0.15, -0.1) is 0 Å². The van der Waals surface area contributed by atoms with E-state index >= 15 is 0 Å². The Morgan fingerprint density at radius 1 is 1.19 bits per heavy atom. The van der Waals surface area contributed by atoms with Gasteiger partial charge in [-0.1, -0.05) is 44.2 Å². The smallest absolute Gasteiger partial charge is 0.191 e. The molecule has 1 aromatic heterocycles. The van der Waals surface area contributed by atoms with Crippen LogP contribution in [0.1, 0.15) is 25.2 Å². The maximum atomic E-state index is 4.33. The van der Waals surface area contributed by atoms with Crippen LogP contribution in [0.25, 0.3) is 0 Å². The highest BCUT2D eigenvalue weighted by atomic mass is 15.3. The van der Waals surface area contributed by atoms with Gasteiger partial charge in [0.1, 0.15) is 12.2 Å². The molecule has 0 fully saturated rings. The summed E-state index contributed by atoms with van der Waals surface area (Å²) in [7, 11) is 3.67. The van der Waals surface area contributed by atoms with Crippen LogP contribution in [0.2, 0.25) is 0 Å². The minimum Gasteiger partial charge on any atom is -0.355 e. The number of hydrogen-bond acceptors (Lipinski definition) is 4. The molecular formula is C19H31N7. The van der Waals surface area contributed by atoms with E-state index in [1.54, 1.807) is 18.1 Å². The molecule has 0 amide bonds. The molecule has 1 atom stereocenters. The van der Waals surface area contributed by atoms with Crippen molar-refractivity contribution >= 4 is 5.96 Å². The number of aryl methyl sites for hydroxylation is 1. The molecule has 0 radical (unpaired) electrons. The van der Waals surface area contributed by atoms with Gasteiger partial charge in [-0.25, -0.2) is 4.98 Å². The molecule has 7 nitrogen and oxygen atoms in total. The summed E-state index contributed by atoms with van der Waals surface area (Å²) in [6, 6.07) is 11.1. The monoisotopic (exact) mass is 357 g/mol. The van der Waals surface area contributed by atoms with E-state index in [2.05, 4.69) is 74.8 Å². The molecule has 26 heavy (non-hydrogen) atoms. The van der Waals surface area contributed by atoms with Gasteiger partial charge in [0.25, 0.3) is 0 Å². The number of guanidine groups is 1. The molecule has 2 aromatic rings. The maximum Gasteiger partial charge on any atom is 0.191 e. The van der Waals surface area contributed by atoms with E-state index < -0.39 is 0 Å². The molecule has 1 heterocycles. The zero-order valence-corrected chi connectivity index (χ0v) is 16.3. The van der Waals surface area contributed by atoms with Gasteiger partial charge in [0.15, 0.2) is 5.96 Å². The van der Waals surface area contributed by atoms with Gasteiger partial charge >= 0.3 is 0 Å². The minimum absolute atomic E-state index is 0.403. The lowest BCUT2D eigenvalue weighted by molar-refractivity contribution is 0.215. The van der Waals surface area contributed by atoms with E-state index in [-0.39, 0.29) is 0 Å². The number of aliphatic imine (C=N–C) groups is 1. The molecule has 0 spiro atoms. The van der Waals surface area contributed by atoms with Crippen LogP contribution in [-0.4, -0.2) is 58.3 Å². The van der Waals surface area contributed by atoms with Crippen molar-refractivity contribution in [3.05, 3.63) is 48.0 Å². The van der Waals surface area contributed by atoms with Crippen molar-refractivity contribution in [1.29, 1.82) is 0 Å². The van der Waals surface area contributed by atoms with E-state index in [1.165, 1.54) is 5.56 Å². The molecule has 1 aromatic carbocycles. The van der Waals surface area contributed by atoms with Gasteiger partial charge in [-0.05, 0) is 25.1 Å². The van der Waals surface area contributed by atoms with Crippen molar-refractivity contribution < 1.29 is 0 Å². The summed E-state index contributed by atoms with van der Waals surface area (Å²) >= 11 is 0. The van der Waals surface area contributed by atoms with Crippen molar-refractivity contribution in [3.63, 3.8) is 0 Å². The Hall–Kier alpha value is -2.41. The van der Waals surface area contributed by atoms with Crippen molar-refractivity contribution in [2.75, 3.05) is 26.7 Å². The number of rotatable bonds is 9. The molecule has 0 aliphatic carbocycles. The standard InChI is InChI=1S/C19H31N7/c1-5-26(6-2)17(12-16-10-8-7-9-11-16)13-21-19(20-3)22-14-18-23-15-24-25(18)4/h7-11,15,17H,5-6,12-14H2,1-4H3,(H2,20,21,22). The molecule has 2 N–H and O–H groups in total. The Morgan fingerprint density at radius 2 is 1.92 bits per heavy atom. The Balaban J connectivity index is 1.94. The van der Waals surface area contributed by atoms with Crippen LogP contribution < -0.4 is 10.6 Å². The third kappa shape index (κ3) is 5.84. The lowest BCUT2D eigenvalue weighted by Gasteiger charge is -2.30. The molecule has 0 aliphatic heterocycles. The Kier molecular flexibility index (Phi) is 8.08. The highest BCUT2D eigenvalue weighted by molar-refractivity contribution is 5.79. The molecular weight excluding hydrogens is 326 g/mol. The first-order valence-electron chi connectivity index (χ1n) is 9.23. The van der Waals surface area contributed by atoms with E-state index in [9.17, 15) is 0 Å². The Morgan fingerprint density at radius 3 is 2.50 bits per heavy atom. The number of aromatic nitrogens is 3. The summed E-state index contributed by atoms with van der Waals surface area (Å²) in [6.45, 7) is 7.90. The molecule has 7 heteroatoms. The summed E-state index contributed by atoms with van der Waals surface area (Å²) in [4.78, 5) is 11.0. The van der Waals surface area contributed by atoms with E-state index in [0.717, 1.165) is 37.8 Å². The summed E-state index contributed by atoms with van der Waals surface area (Å²) < 4.78 is 1.76. The van der Waals surface area contributed by atoms with E-state index in [4.69, 9.17) is 0 Å². The SMILES string of the molecule is CCN(CC)C(CNC(=NC)NCc1ncnn1C)Cc1ccccc1. The second kappa shape index (κ2) is 10.6. The zero-order valence-electron chi connectivity index (χ0n) is 16.3. The van der Waals surface area contributed by atoms with Crippen LogP contribution >= 0.6 is 0 Å². The van der Waals surface area contributed by atoms with Crippen molar-refractivity contribution in [3.8, 4) is 0 Å². The minimum atomic E-state index is 0.403. The first kappa shape index (κ1) is 19.9. The van der Waals surface area contributed by atoms with Crippen molar-refractivity contribution in [1.82, 2.24) is 30.3 Å². The largest absolute Gasteiger partial charge is 0.355 e. The molecule has 142 valence electrons. The second-order valence-electron chi connectivity index (χ2n) is 6.17. The number of likely N-dealkylation sites (N-methyl/N-ethyl adjacent to an activating group) is 1. The van der Waals surface area contributed by atoms with Crippen molar-refractivity contribution in [2.24, 2.45) is 12.0 Å². The predicted molar refractivity (Wildman–Crippen MR) is 106 cm³/mol. The molecule has 0 bridgehead atoms. The van der Waals surface area contributed by atoms with Crippen LogP contribution in [0.15, 0.2) is 41.7 Å². The number of nitrogens with one attached hydrogen (secondary N) is 2. The number of hydrogen-bond donors (Lipinski definition) is 2. The maximum absolute atomic E-state index is 4.33. The second-order valence-corrected chi connectivity index (χ2v) is 6.17. The highest BCUT2D eigenvalue weighted by Crippen LogP contribution is 2.08. The fourth-order valence-electron chi connectivity index (χ4n) is 3.03. The van der Waals surface area contributed by atoms with E-state index in [0.29, 0.717) is 12.6 Å². The lowest BCUT2D eigenvalue weighted by Crippen LogP contribution is -2.48. The van der Waals surface area contributed by atoms with Gasteiger partial charge in [-0.2, -0.15) is 5.10 Å². The number of benzene rings is 1. The predicted octanol–water partition coefficient (Wildman–Crippen LogP) is 1.43. The third-order valence-electron chi connectivity index (χ3n) is 4.59. The lowest BCUT2D eigenvalue weighted by atomic mass is 10.0. The third-order valence-corrected chi connectivity index (χ3v) is 4.59. The normalized spacial score (nSPS) is 13.0. The van der Waals surface area contributed by atoms with Crippen molar-refractivity contribution in [2.45, 2.75) is 32.9 Å². The summed E-state index contributed by atoms with van der Waals surface area (Å²) in [5, 5.41) is 10.8. The van der Waals surface area contributed by atoms with Gasteiger partial charge < -0.3 is 10.6 Å². The van der Waals surface area contributed by atoms with Gasteiger partial charge in [0.2, 0.25) is 0 Å². The number of nitrogens with zero attached hydrogens (tertiary/aromatic N) is 5. The van der Waals surface area contributed by atoms with Gasteiger partial charge in [0.05, 0.1) is 6.54 Å². The average molecular weight is 358 g/mol. The zero-order chi connectivity index (χ0) is 18.8. The first-order valence-corrected chi connectivity index (χ1v) is 9.23. The first-order chi connectivity index (χ1) is 12.7. The van der Waals surface area contributed by atoms with Gasteiger partial charge in [0, 0.05) is 26.7 Å². The fraction of sp³-hybridized carbons (Fsp3) is 0.526. The van der Waals surface area contributed by atoms with Gasteiger partial charge in [-0.3, -0.25) is 14.6 Å². The summed E-state index contributed by atoms with van der Waals surface area (Å²) in [5.74, 6) is 1.65. The topological polar surface area (TPSA) is 70.4 Å². The Bertz CT molecular complexity index is 662. The molecule has 0 aliphatic rings. The van der Waals surface area contributed by atoms with E-state index in [1.807, 2.05) is 7.05 Å². The van der Waals surface area contributed by atoms with Crippen LogP contribution in [0, 0.1) is 0 Å².